The number of fused-ring (bicyclic) bond motifs is 1. The molecular formula is C13H14N4. The summed E-state index contributed by atoms with van der Waals surface area (Å²) in [6.07, 6.45) is 3.81. The average Bonchev–Trinajstić information content (AvgIpc) is 2.84. The van der Waals surface area contributed by atoms with Crippen LogP contribution in [0.25, 0.3) is 0 Å². The van der Waals surface area contributed by atoms with Gasteiger partial charge in [0, 0.05) is 12.7 Å². The summed E-state index contributed by atoms with van der Waals surface area (Å²) in [6.45, 7) is 2.09. The van der Waals surface area contributed by atoms with Crippen LogP contribution in [0.4, 0.5) is 5.95 Å². The summed E-state index contributed by atoms with van der Waals surface area (Å²) in [5.74, 6) is 0.888. The zero-order valence-electron chi connectivity index (χ0n) is 9.91. The lowest BCUT2D eigenvalue weighted by molar-refractivity contribution is 0.586. The molecule has 17 heavy (non-hydrogen) atoms. The molecule has 0 saturated heterocycles. The van der Waals surface area contributed by atoms with E-state index in [2.05, 4.69) is 35.2 Å². The number of allylic oxidation sites excluding steroid dienone is 2. The molecule has 0 spiro atoms. The van der Waals surface area contributed by atoms with Crippen molar-refractivity contribution in [1.29, 1.82) is 0 Å². The van der Waals surface area contributed by atoms with Crippen LogP contribution in [0.3, 0.4) is 0 Å². The second-order valence-corrected chi connectivity index (χ2v) is 4.23. The first-order chi connectivity index (χ1) is 8.27. The largest absolute Gasteiger partial charge is 0.318 e. The van der Waals surface area contributed by atoms with Crippen LogP contribution in [-0.2, 0) is 0 Å². The van der Waals surface area contributed by atoms with Gasteiger partial charge in [0.25, 0.3) is 0 Å². The Morgan fingerprint density at radius 3 is 2.71 bits per heavy atom. The fourth-order valence-corrected chi connectivity index (χ4v) is 2.14. The van der Waals surface area contributed by atoms with Crippen molar-refractivity contribution in [2.24, 2.45) is 0 Å². The Kier molecular flexibility index (Phi) is 2.21. The highest BCUT2D eigenvalue weighted by Gasteiger charge is 2.24. The Labute approximate surface area is 100 Å². The summed E-state index contributed by atoms with van der Waals surface area (Å²) < 4.78 is 1.95. The summed E-state index contributed by atoms with van der Waals surface area (Å²) in [5, 5.41) is 4.32. The summed E-state index contributed by atoms with van der Waals surface area (Å²) in [7, 11) is 2.01. The molecular weight excluding hydrogens is 212 g/mol. The van der Waals surface area contributed by atoms with Crippen LogP contribution < -0.4 is 4.90 Å². The van der Waals surface area contributed by atoms with Crippen LogP contribution in [0, 0.1) is 0 Å². The Bertz CT molecular complexity index is 556. The highest BCUT2D eigenvalue weighted by molar-refractivity contribution is 5.45. The SMILES string of the molecule is CC1=C[C@H](c2ccccc2)n2ncnc2N1C. The van der Waals surface area contributed by atoms with Gasteiger partial charge in [-0.25, -0.2) is 4.68 Å². The fourth-order valence-electron chi connectivity index (χ4n) is 2.14. The first kappa shape index (κ1) is 10.1. The van der Waals surface area contributed by atoms with Crippen molar-refractivity contribution >= 4 is 5.95 Å². The van der Waals surface area contributed by atoms with Crippen LogP contribution in [-0.4, -0.2) is 21.8 Å². The second kappa shape index (κ2) is 3.73. The van der Waals surface area contributed by atoms with Gasteiger partial charge < -0.3 is 4.90 Å². The highest BCUT2D eigenvalue weighted by atomic mass is 15.4. The van der Waals surface area contributed by atoms with Crippen molar-refractivity contribution in [3.8, 4) is 0 Å². The van der Waals surface area contributed by atoms with E-state index in [4.69, 9.17) is 0 Å². The molecule has 1 atom stereocenters. The molecule has 0 saturated carbocycles. The predicted octanol–water partition coefficient (Wildman–Crippen LogP) is 2.22. The molecule has 1 aromatic carbocycles. The van der Waals surface area contributed by atoms with E-state index in [-0.39, 0.29) is 6.04 Å². The maximum absolute atomic E-state index is 4.32. The topological polar surface area (TPSA) is 34.0 Å². The van der Waals surface area contributed by atoms with Gasteiger partial charge in [-0.1, -0.05) is 30.3 Å². The summed E-state index contributed by atoms with van der Waals surface area (Å²) in [5.41, 5.74) is 2.42. The standard InChI is InChI=1S/C13H14N4/c1-10-8-12(11-6-4-3-5-7-11)17-13(16(10)2)14-9-15-17/h3-9,12H,1-2H3/t12-/m1/s1. The van der Waals surface area contributed by atoms with Crippen LogP contribution in [0.1, 0.15) is 18.5 Å². The first-order valence-electron chi connectivity index (χ1n) is 5.64. The molecule has 1 aliphatic rings. The molecule has 0 amide bonds. The number of aromatic nitrogens is 3. The first-order valence-corrected chi connectivity index (χ1v) is 5.64. The fraction of sp³-hybridized carbons (Fsp3) is 0.231. The minimum absolute atomic E-state index is 0.143. The smallest absolute Gasteiger partial charge is 0.228 e. The van der Waals surface area contributed by atoms with Crippen molar-refractivity contribution in [3.05, 3.63) is 54.0 Å². The van der Waals surface area contributed by atoms with Gasteiger partial charge in [-0.2, -0.15) is 10.1 Å². The second-order valence-electron chi connectivity index (χ2n) is 4.23. The lowest BCUT2D eigenvalue weighted by atomic mass is 10.0. The van der Waals surface area contributed by atoms with Gasteiger partial charge in [-0.15, -0.1) is 0 Å². The lowest BCUT2D eigenvalue weighted by Crippen LogP contribution is -2.27. The molecule has 2 heterocycles. The van der Waals surface area contributed by atoms with Crippen LogP contribution >= 0.6 is 0 Å². The number of hydrogen-bond acceptors (Lipinski definition) is 3. The average molecular weight is 226 g/mol. The Morgan fingerprint density at radius 1 is 1.18 bits per heavy atom. The maximum Gasteiger partial charge on any atom is 0.228 e. The van der Waals surface area contributed by atoms with Crippen LogP contribution in [0.5, 0.6) is 0 Å². The van der Waals surface area contributed by atoms with Gasteiger partial charge in [0.2, 0.25) is 5.95 Å². The Balaban J connectivity index is 2.13. The van der Waals surface area contributed by atoms with Crippen molar-refractivity contribution in [2.45, 2.75) is 13.0 Å². The predicted molar refractivity (Wildman–Crippen MR) is 66.8 cm³/mol. The summed E-state index contributed by atoms with van der Waals surface area (Å²) in [4.78, 5) is 6.35. The zero-order chi connectivity index (χ0) is 11.8. The number of anilines is 1. The molecule has 3 rings (SSSR count). The molecule has 0 N–H and O–H groups in total. The number of nitrogens with zero attached hydrogens (tertiary/aromatic N) is 4. The van der Waals surface area contributed by atoms with Crippen LogP contribution in [0.15, 0.2) is 48.4 Å². The maximum atomic E-state index is 4.32. The van der Waals surface area contributed by atoms with Gasteiger partial charge in [0.05, 0.1) is 0 Å². The quantitative estimate of drug-likeness (QED) is 0.747. The third-order valence-corrected chi connectivity index (χ3v) is 3.19. The van der Waals surface area contributed by atoms with Crippen LogP contribution in [0.2, 0.25) is 0 Å². The van der Waals surface area contributed by atoms with Gasteiger partial charge in [0.15, 0.2) is 0 Å². The zero-order valence-corrected chi connectivity index (χ0v) is 9.91. The van der Waals surface area contributed by atoms with Crippen molar-refractivity contribution in [2.75, 3.05) is 11.9 Å². The van der Waals surface area contributed by atoms with E-state index in [9.17, 15) is 0 Å². The van der Waals surface area contributed by atoms with Gasteiger partial charge in [0.1, 0.15) is 12.4 Å². The van der Waals surface area contributed by atoms with Crippen molar-refractivity contribution in [1.82, 2.24) is 14.8 Å². The van der Waals surface area contributed by atoms with E-state index in [1.165, 1.54) is 11.3 Å². The molecule has 0 unspecified atom stereocenters. The molecule has 0 fully saturated rings. The lowest BCUT2D eigenvalue weighted by Gasteiger charge is -2.28. The molecule has 0 radical (unpaired) electrons. The van der Waals surface area contributed by atoms with Gasteiger partial charge in [-0.3, -0.25) is 0 Å². The Hall–Kier alpha value is -2.10. The molecule has 0 aliphatic carbocycles. The normalized spacial score (nSPS) is 18.8. The number of rotatable bonds is 1. The molecule has 4 nitrogen and oxygen atoms in total. The minimum atomic E-state index is 0.143. The van der Waals surface area contributed by atoms with E-state index in [1.807, 2.05) is 34.8 Å². The van der Waals surface area contributed by atoms with Gasteiger partial charge >= 0.3 is 0 Å². The Morgan fingerprint density at radius 2 is 1.94 bits per heavy atom. The highest BCUT2D eigenvalue weighted by Crippen LogP contribution is 2.30. The van der Waals surface area contributed by atoms with Crippen molar-refractivity contribution in [3.63, 3.8) is 0 Å². The summed E-state index contributed by atoms with van der Waals surface area (Å²) >= 11 is 0. The van der Waals surface area contributed by atoms with E-state index in [0.29, 0.717) is 0 Å². The molecule has 4 heteroatoms. The summed E-state index contributed by atoms with van der Waals surface area (Å²) in [6, 6.07) is 10.5. The number of benzene rings is 1. The molecule has 1 aromatic heterocycles. The van der Waals surface area contributed by atoms with E-state index >= 15 is 0 Å². The monoisotopic (exact) mass is 226 g/mol. The molecule has 1 aliphatic heterocycles. The van der Waals surface area contributed by atoms with E-state index < -0.39 is 0 Å². The molecule has 86 valence electrons. The van der Waals surface area contributed by atoms with E-state index in [0.717, 1.165) is 5.95 Å². The molecule has 2 aromatic rings. The minimum Gasteiger partial charge on any atom is -0.318 e. The number of hydrogen-bond donors (Lipinski definition) is 0. The van der Waals surface area contributed by atoms with Gasteiger partial charge in [-0.05, 0) is 18.6 Å². The van der Waals surface area contributed by atoms with Crippen molar-refractivity contribution < 1.29 is 0 Å². The van der Waals surface area contributed by atoms with E-state index in [1.54, 1.807) is 6.33 Å². The molecule has 0 bridgehead atoms. The third kappa shape index (κ3) is 1.53. The third-order valence-electron chi connectivity index (χ3n) is 3.19.